The summed E-state index contributed by atoms with van der Waals surface area (Å²) in [6.07, 6.45) is 3.32. The number of likely N-dealkylation sites (tertiary alicyclic amines) is 1. The molecule has 0 bridgehead atoms. The highest BCUT2D eigenvalue weighted by Crippen LogP contribution is 2.46. The number of hydrogen-bond acceptors (Lipinski definition) is 8. The molecule has 12 nitrogen and oxygen atoms in total. The molecule has 3 N–H and O–H groups in total. The summed E-state index contributed by atoms with van der Waals surface area (Å²) in [7, 11) is 5.01. The highest BCUT2D eigenvalue weighted by Gasteiger charge is 2.45. The number of carbonyl (C=O) groups is 3. The fourth-order valence-corrected chi connectivity index (χ4v) is 6.40. The van der Waals surface area contributed by atoms with Crippen molar-refractivity contribution in [1.29, 1.82) is 5.26 Å². The van der Waals surface area contributed by atoms with E-state index in [1.807, 2.05) is 36.4 Å². The van der Waals surface area contributed by atoms with Crippen molar-refractivity contribution in [1.82, 2.24) is 41.1 Å². The largest absolute Gasteiger partial charge is 0.355 e. The van der Waals surface area contributed by atoms with Crippen molar-refractivity contribution in [3.63, 3.8) is 0 Å². The summed E-state index contributed by atoms with van der Waals surface area (Å²) in [6, 6.07) is 13.3. The highest BCUT2D eigenvalue weighted by atomic mass is 16.2. The molecule has 3 aromatic rings. The van der Waals surface area contributed by atoms with Crippen LogP contribution in [0.4, 0.5) is 0 Å². The molecule has 1 fully saturated rings. The van der Waals surface area contributed by atoms with Crippen LogP contribution >= 0.6 is 0 Å². The lowest BCUT2D eigenvalue weighted by Crippen LogP contribution is -2.42. The second-order valence-corrected chi connectivity index (χ2v) is 10.7. The first-order valence-corrected chi connectivity index (χ1v) is 14.2. The molecule has 1 aliphatic carbocycles. The van der Waals surface area contributed by atoms with E-state index >= 15 is 0 Å². The van der Waals surface area contributed by atoms with E-state index in [9.17, 15) is 19.6 Å². The van der Waals surface area contributed by atoms with Gasteiger partial charge in [0.05, 0.1) is 18.0 Å². The first-order chi connectivity index (χ1) is 20.3. The van der Waals surface area contributed by atoms with Gasteiger partial charge in [-0.3, -0.25) is 14.4 Å². The Kier molecular flexibility index (Phi) is 8.31. The third kappa shape index (κ3) is 5.12. The van der Waals surface area contributed by atoms with Gasteiger partial charge in [0.1, 0.15) is 6.04 Å². The number of carbonyl (C=O) groups excluding carboxylic acids is 3. The smallest absolute Gasteiger partial charge is 0.251 e. The van der Waals surface area contributed by atoms with Gasteiger partial charge < -0.3 is 20.9 Å². The van der Waals surface area contributed by atoms with Crippen LogP contribution in [0.25, 0.3) is 0 Å². The fourth-order valence-electron chi connectivity index (χ4n) is 6.40. The van der Waals surface area contributed by atoms with Gasteiger partial charge in [-0.25, -0.2) is 4.68 Å². The van der Waals surface area contributed by atoms with Gasteiger partial charge >= 0.3 is 0 Å². The van der Waals surface area contributed by atoms with Crippen LogP contribution in [0, 0.1) is 11.3 Å². The Hall–Kier alpha value is -4.63. The molecule has 2 heterocycles. The van der Waals surface area contributed by atoms with Gasteiger partial charge in [0.25, 0.3) is 11.8 Å². The number of nitriles is 1. The molecule has 1 atom stereocenters. The lowest BCUT2D eigenvalue weighted by molar-refractivity contribution is -0.130. The quantitative estimate of drug-likeness (QED) is 0.337. The van der Waals surface area contributed by atoms with Gasteiger partial charge in [0, 0.05) is 38.8 Å². The number of hydrogen-bond donors (Lipinski definition) is 3. The van der Waals surface area contributed by atoms with Crippen molar-refractivity contribution in [2.24, 2.45) is 7.05 Å². The zero-order valence-electron chi connectivity index (χ0n) is 24.1. The molecule has 5 rings (SSSR count). The normalized spacial score (nSPS) is 17.0. The Balaban J connectivity index is 1.59. The lowest BCUT2D eigenvalue weighted by atomic mass is 9.69. The minimum atomic E-state index is -0.846. The maximum absolute atomic E-state index is 12.9. The van der Waals surface area contributed by atoms with Gasteiger partial charge in [-0.15, -0.1) is 5.10 Å². The van der Waals surface area contributed by atoms with E-state index in [2.05, 4.69) is 37.5 Å². The Bertz CT molecular complexity index is 1490. The monoisotopic (exact) mass is 569 g/mol. The maximum Gasteiger partial charge on any atom is 0.251 e. The van der Waals surface area contributed by atoms with Gasteiger partial charge in [0.2, 0.25) is 5.91 Å². The fraction of sp³-hybridized carbons (Fsp3) is 0.433. The minimum Gasteiger partial charge on any atom is -0.355 e. The van der Waals surface area contributed by atoms with Crippen molar-refractivity contribution in [3.05, 3.63) is 75.6 Å². The standard InChI is InChI=1S/C30H35N9O3/c1-32-27(41)21-8-10-24-19(15-21)6-7-20-16-22(28(42)33-2)9-11-25(20)30(24,29-35-36-37-38(29)3)12-13-34-18-26(40)39-14-4-5-23(39)17-31/h8-11,15-16,23,34H,4-7,12-14,18H2,1-3H3,(H,32,41)(H,33,42)/t23-/m0/s1. The summed E-state index contributed by atoms with van der Waals surface area (Å²) in [5.74, 6) is 0.167. The van der Waals surface area contributed by atoms with E-state index in [-0.39, 0.29) is 30.3 Å². The van der Waals surface area contributed by atoms with Crippen molar-refractivity contribution >= 4 is 17.7 Å². The van der Waals surface area contributed by atoms with Gasteiger partial charge in [0.15, 0.2) is 5.82 Å². The molecule has 2 aromatic carbocycles. The van der Waals surface area contributed by atoms with E-state index in [1.54, 1.807) is 30.7 Å². The van der Waals surface area contributed by atoms with Gasteiger partial charge in [-0.1, -0.05) is 12.1 Å². The van der Waals surface area contributed by atoms with Crippen molar-refractivity contribution in [2.45, 2.75) is 43.6 Å². The van der Waals surface area contributed by atoms with E-state index < -0.39 is 5.41 Å². The Labute approximate surface area is 244 Å². The number of fused-ring (bicyclic) bond motifs is 2. The summed E-state index contributed by atoms with van der Waals surface area (Å²) in [5, 5.41) is 30.8. The predicted molar refractivity (Wildman–Crippen MR) is 154 cm³/mol. The zero-order valence-corrected chi connectivity index (χ0v) is 24.1. The summed E-state index contributed by atoms with van der Waals surface area (Å²) in [6.45, 7) is 1.14. The number of rotatable bonds is 8. The number of benzene rings is 2. The number of nitrogens with zero attached hydrogens (tertiary/aromatic N) is 6. The molecular weight excluding hydrogens is 534 g/mol. The molecule has 0 radical (unpaired) electrons. The number of amides is 3. The third-order valence-electron chi connectivity index (χ3n) is 8.45. The maximum atomic E-state index is 12.9. The van der Waals surface area contributed by atoms with Crippen LogP contribution in [0.5, 0.6) is 0 Å². The van der Waals surface area contributed by atoms with Gasteiger partial charge in [-0.2, -0.15) is 5.26 Å². The molecule has 42 heavy (non-hydrogen) atoms. The third-order valence-corrected chi connectivity index (χ3v) is 8.45. The summed E-state index contributed by atoms with van der Waals surface area (Å²) in [5.41, 5.74) is 4.18. The summed E-state index contributed by atoms with van der Waals surface area (Å²) in [4.78, 5) is 39.7. The number of aryl methyl sites for hydroxylation is 3. The van der Waals surface area contributed by atoms with Crippen LogP contribution in [0.3, 0.4) is 0 Å². The van der Waals surface area contributed by atoms with Crippen LogP contribution in [0.2, 0.25) is 0 Å². The van der Waals surface area contributed by atoms with E-state index in [0.29, 0.717) is 55.7 Å². The molecule has 218 valence electrons. The van der Waals surface area contributed by atoms with Crippen LogP contribution < -0.4 is 16.0 Å². The Morgan fingerprint density at radius 3 is 2.17 bits per heavy atom. The average Bonchev–Trinajstić information content (AvgIpc) is 3.65. The Morgan fingerprint density at radius 2 is 1.64 bits per heavy atom. The molecule has 12 heteroatoms. The minimum absolute atomic E-state index is 0.0967. The molecule has 0 unspecified atom stereocenters. The average molecular weight is 570 g/mol. The number of aromatic nitrogens is 4. The lowest BCUT2D eigenvalue weighted by Gasteiger charge is -2.35. The van der Waals surface area contributed by atoms with Crippen molar-refractivity contribution in [2.75, 3.05) is 33.7 Å². The molecule has 1 aliphatic heterocycles. The second-order valence-electron chi connectivity index (χ2n) is 10.7. The molecule has 2 aliphatic rings. The first-order valence-electron chi connectivity index (χ1n) is 14.2. The topological polar surface area (TPSA) is 158 Å². The molecule has 0 spiro atoms. The molecule has 0 saturated carbocycles. The van der Waals surface area contributed by atoms with Gasteiger partial charge in [-0.05, 0) is 95.6 Å². The number of nitrogens with one attached hydrogen (secondary N) is 3. The highest BCUT2D eigenvalue weighted by molar-refractivity contribution is 5.95. The van der Waals surface area contributed by atoms with Crippen molar-refractivity contribution in [3.8, 4) is 6.07 Å². The van der Waals surface area contributed by atoms with Crippen LogP contribution in [0.1, 0.15) is 68.1 Å². The number of tetrazole rings is 1. The van der Waals surface area contributed by atoms with Crippen LogP contribution in [0.15, 0.2) is 36.4 Å². The van der Waals surface area contributed by atoms with Crippen molar-refractivity contribution < 1.29 is 14.4 Å². The Morgan fingerprint density at radius 1 is 1.02 bits per heavy atom. The predicted octanol–water partition coefficient (Wildman–Crippen LogP) is 0.857. The zero-order chi connectivity index (χ0) is 29.9. The van der Waals surface area contributed by atoms with Crippen LogP contribution in [-0.4, -0.2) is 82.6 Å². The van der Waals surface area contributed by atoms with E-state index in [1.165, 1.54) is 0 Å². The molecule has 3 amide bonds. The van der Waals surface area contributed by atoms with Crippen LogP contribution in [-0.2, 0) is 30.1 Å². The van der Waals surface area contributed by atoms with E-state index in [0.717, 1.165) is 28.7 Å². The summed E-state index contributed by atoms with van der Waals surface area (Å²) < 4.78 is 1.66. The first kappa shape index (κ1) is 28.9. The SMILES string of the molecule is CNC(=O)c1ccc2c(c1)CCc1cc(C(=O)NC)ccc1C2(CCNCC(=O)N1CCC[C@H]1C#N)c1nnnn1C. The summed E-state index contributed by atoms with van der Waals surface area (Å²) >= 11 is 0. The van der Waals surface area contributed by atoms with E-state index in [4.69, 9.17) is 0 Å². The second kappa shape index (κ2) is 12.1. The molecule has 1 saturated heterocycles. The molecule has 1 aromatic heterocycles. The molecular formula is C30H35N9O3.